The fourth-order valence-corrected chi connectivity index (χ4v) is 3.67. The van der Waals surface area contributed by atoms with Crippen LogP contribution in [0.1, 0.15) is 43.2 Å². The van der Waals surface area contributed by atoms with Crippen molar-refractivity contribution in [3.05, 3.63) is 71.3 Å². The molecule has 0 saturated carbocycles. The fourth-order valence-electron chi connectivity index (χ4n) is 3.67. The van der Waals surface area contributed by atoms with Gasteiger partial charge in [0.25, 0.3) is 0 Å². The molecule has 1 aliphatic rings. The number of benzene rings is 2. The molecule has 4 nitrogen and oxygen atoms in total. The van der Waals surface area contributed by atoms with Crippen LogP contribution in [-0.4, -0.2) is 26.3 Å². The zero-order chi connectivity index (χ0) is 19.4. The summed E-state index contributed by atoms with van der Waals surface area (Å²) in [6, 6.07) is 16.0. The molecule has 4 heteroatoms. The summed E-state index contributed by atoms with van der Waals surface area (Å²) in [6.45, 7) is 3.74. The molecule has 0 N–H and O–H groups in total. The van der Waals surface area contributed by atoms with E-state index in [1.807, 2.05) is 62.4 Å². The summed E-state index contributed by atoms with van der Waals surface area (Å²) in [5, 5.41) is 0. The van der Waals surface area contributed by atoms with Crippen molar-refractivity contribution in [3.8, 4) is 11.5 Å². The van der Waals surface area contributed by atoms with Crippen molar-refractivity contribution in [2.75, 3.05) is 14.2 Å². The third kappa shape index (κ3) is 4.16. The lowest BCUT2D eigenvalue weighted by Crippen LogP contribution is -2.19. The van der Waals surface area contributed by atoms with E-state index >= 15 is 0 Å². The maximum atomic E-state index is 12.7. The largest absolute Gasteiger partial charge is 0.497 e. The molecule has 0 unspecified atom stereocenters. The van der Waals surface area contributed by atoms with Gasteiger partial charge in [-0.1, -0.05) is 30.3 Å². The topological polar surface area (TPSA) is 44.8 Å². The van der Waals surface area contributed by atoms with Crippen molar-refractivity contribution in [2.24, 2.45) is 0 Å². The second-order valence-electron chi connectivity index (χ2n) is 6.99. The standard InChI is InChI=1S/C23H26O4/c1-15(2)27-23(24)21-12-11-20(16-7-5-9-18(13-16)25-3)22(21)17-8-6-10-19(14-17)26-4/h5-10,12-15,20,22H,11H2,1-4H3/t20-,22+/m0/s1. The lowest BCUT2D eigenvalue weighted by molar-refractivity contribution is -0.142. The van der Waals surface area contributed by atoms with E-state index in [-0.39, 0.29) is 23.9 Å². The highest BCUT2D eigenvalue weighted by Crippen LogP contribution is 2.47. The molecule has 0 heterocycles. The molecule has 27 heavy (non-hydrogen) atoms. The molecule has 0 aromatic heterocycles. The van der Waals surface area contributed by atoms with Gasteiger partial charge in [0, 0.05) is 11.5 Å². The maximum Gasteiger partial charge on any atom is 0.334 e. The number of esters is 1. The summed E-state index contributed by atoms with van der Waals surface area (Å²) < 4.78 is 16.3. The average molecular weight is 366 g/mol. The summed E-state index contributed by atoms with van der Waals surface area (Å²) >= 11 is 0. The maximum absolute atomic E-state index is 12.7. The first-order valence-electron chi connectivity index (χ1n) is 9.22. The van der Waals surface area contributed by atoms with E-state index in [0.717, 1.165) is 29.0 Å². The van der Waals surface area contributed by atoms with E-state index < -0.39 is 0 Å². The minimum atomic E-state index is -0.247. The van der Waals surface area contributed by atoms with Crippen molar-refractivity contribution in [2.45, 2.75) is 38.2 Å². The van der Waals surface area contributed by atoms with Gasteiger partial charge in [-0.3, -0.25) is 0 Å². The van der Waals surface area contributed by atoms with Crippen molar-refractivity contribution >= 4 is 5.97 Å². The second-order valence-corrected chi connectivity index (χ2v) is 6.99. The Labute approximate surface area is 160 Å². The Morgan fingerprint density at radius 2 is 1.56 bits per heavy atom. The van der Waals surface area contributed by atoms with Crippen LogP contribution >= 0.6 is 0 Å². The molecule has 0 bridgehead atoms. The number of carbonyl (C=O) groups is 1. The van der Waals surface area contributed by atoms with Gasteiger partial charge in [0.05, 0.1) is 20.3 Å². The molecule has 142 valence electrons. The minimum Gasteiger partial charge on any atom is -0.497 e. The Bertz CT molecular complexity index is 838. The molecule has 2 atom stereocenters. The first-order chi connectivity index (χ1) is 13.0. The van der Waals surface area contributed by atoms with Crippen LogP contribution in [0.2, 0.25) is 0 Å². The van der Waals surface area contributed by atoms with Crippen molar-refractivity contribution in [1.29, 1.82) is 0 Å². The number of carbonyl (C=O) groups excluding carboxylic acids is 1. The first-order valence-corrected chi connectivity index (χ1v) is 9.22. The molecule has 3 rings (SSSR count). The van der Waals surface area contributed by atoms with Gasteiger partial charge in [-0.25, -0.2) is 4.79 Å². The smallest absolute Gasteiger partial charge is 0.334 e. The summed E-state index contributed by atoms with van der Waals surface area (Å²) in [6.07, 6.45) is 2.64. The molecule has 0 amide bonds. The van der Waals surface area contributed by atoms with Crippen LogP contribution < -0.4 is 9.47 Å². The van der Waals surface area contributed by atoms with E-state index in [2.05, 4.69) is 6.07 Å². The van der Waals surface area contributed by atoms with Crippen molar-refractivity contribution < 1.29 is 19.0 Å². The SMILES string of the molecule is COc1cccc([C@H]2C(C(=O)OC(C)C)=CC[C@H]2c2cccc(OC)c2)c1. The predicted molar refractivity (Wildman–Crippen MR) is 105 cm³/mol. The highest BCUT2D eigenvalue weighted by atomic mass is 16.5. The number of allylic oxidation sites excluding steroid dienone is 1. The monoisotopic (exact) mass is 366 g/mol. The van der Waals surface area contributed by atoms with Crippen LogP contribution in [0, 0.1) is 0 Å². The molecule has 2 aromatic carbocycles. The molecule has 0 fully saturated rings. The molecule has 0 spiro atoms. The van der Waals surface area contributed by atoms with Crippen LogP contribution in [0.5, 0.6) is 11.5 Å². The highest BCUT2D eigenvalue weighted by molar-refractivity contribution is 5.91. The van der Waals surface area contributed by atoms with Crippen molar-refractivity contribution in [3.63, 3.8) is 0 Å². The average Bonchev–Trinajstić information content (AvgIpc) is 3.13. The summed E-state index contributed by atoms with van der Waals surface area (Å²) in [7, 11) is 3.31. The summed E-state index contributed by atoms with van der Waals surface area (Å²) in [5.74, 6) is 1.40. The van der Waals surface area contributed by atoms with E-state index in [1.165, 1.54) is 0 Å². The zero-order valence-corrected chi connectivity index (χ0v) is 16.3. The third-order valence-corrected chi connectivity index (χ3v) is 4.88. The van der Waals surface area contributed by atoms with Gasteiger partial charge in [-0.2, -0.15) is 0 Å². The van der Waals surface area contributed by atoms with Gasteiger partial charge in [0.1, 0.15) is 11.5 Å². The zero-order valence-electron chi connectivity index (χ0n) is 16.3. The van der Waals surface area contributed by atoms with E-state index in [4.69, 9.17) is 14.2 Å². The van der Waals surface area contributed by atoms with Crippen LogP contribution in [0.25, 0.3) is 0 Å². The number of methoxy groups -OCH3 is 2. The molecule has 0 aliphatic heterocycles. The summed E-state index contributed by atoms with van der Waals surface area (Å²) in [4.78, 5) is 12.7. The third-order valence-electron chi connectivity index (χ3n) is 4.88. The van der Waals surface area contributed by atoms with Crippen LogP contribution in [0.15, 0.2) is 60.2 Å². The lowest BCUT2D eigenvalue weighted by Gasteiger charge is -2.24. The molecular weight excluding hydrogens is 340 g/mol. The first kappa shape index (κ1) is 19.0. The Balaban J connectivity index is 2.02. The highest BCUT2D eigenvalue weighted by Gasteiger charge is 2.37. The van der Waals surface area contributed by atoms with Crippen LogP contribution in [-0.2, 0) is 9.53 Å². The quantitative estimate of drug-likeness (QED) is 0.686. The predicted octanol–water partition coefficient (Wildman–Crippen LogP) is 4.85. The van der Waals surface area contributed by atoms with Crippen LogP contribution in [0.3, 0.4) is 0 Å². The van der Waals surface area contributed by atoms with Gasteiger partial charge in [0.2, 0.25) is 0 Å². The normalized spacial score (nSPS) is 18.9. The van der Waals surface area contributed by atoms with Gasteiger partial charge >= 0.3 is 5.97 Å². The summed E-state index contributed by atoms with van der Waals surface area (Å²) in [5.41, 5.74) is 2.90. The van der Waals surface area contributed by atoms with Crippen molar-refractivity contribution in [1.82, 2.24) is 0 Å². The Hall–Kier alpha value is -2.75. The second kappa shape index (κ2) is 8.30. The number of ether oxygens (including phenoxy) is 3. The van der Waals surface area contributed by atoms with Gasteiger partial charge in [-0.15, -0.1) is 0 Å². The minimum absolute atomic E-state index is 0.0848. The Kier molecular flexibility index (Phi) is 5.84. The fraction of sp³-hybridized carbons (Fsp3) is 0.348. The number of rotatable bonds is 6. The molecule has 2 aromatic rings. The van der Waals surface area contributed by atoms with Crippen LogP contribution in [0.4, 0.5) is 0 Å². The number of hydrogen-bond acceptors (Lipinski definition) is 4. The Morgan fingerprint density at radius 1 is 0.963 bits per heavy atom. The molecule has 0 saturated heterocycles. The Morgan fingerprint density at radius 3 is 2.15 bits per heavy atom. The van der Waals surface area contributed by atoms with Gasteiger partial charge in [-0.05, 0) is 61.6 Å². The van der Waals surface area contributed by atoms with E-state index in [9.17, 15) is 4.79 Å². The van der Waals surface area contributed by atoms with Gasteiger partial charge in [0.15, 0.2) is 0 Å². The molecule has 0 radical (unpaired) electrons. The van der Waals surface area contributed by atoms with E-state index in [0.29, 0.717) is 5.57 Å². The van der Waals surface area contributed by atoms with E-state index in [1.54, 1.807) is 14.2 Å². The number of hydrogen-bond donors (Lipinski definition) is 0. The molecular formula is C23H26O4. The van der Waals surface area contributed by atoms with Gasteiger partial charge < -0.3 is 14.2 Å². The lowest BCUT2D eigenvalue weighted by atomic mass is 9.80. The molecule has 1 aliphatic carbocycles.